The minimum absolute atomic E-state index is 0.0629. The minimum atomic E-state index is -0.833. The Morgan fingerprint density at radius 2 is 2.29 bits per heavy atom. The predicted molar refractivity (Wildman–Crippen MR) is 56.8 cm³/mol. The zero-order valence-corrected chi connectivity index (χ0v) is 8.44. The van der Waals surface area contributed by atoms with Crippen molar-refractivity contribution < 1.29 is 14.3 Å². The maximum atomic E-state index is 13.0. The zero-order valence-electron chi connectivity index (χ0n) is 8.44. The number of rotatable bonds is 2. The van der Waals surface area contributed by atoms with Gasteiger partial charge in [0.1, 0.15) is 0 Å². The molecule has 5 N–H and O–H groups in total. The summed E-state index contributed by atoms with van der Waals surface area (Å²) in [6.45, 7) is 0. The number of phenolic OH excluding ortho intramolecular Hbond substituents is 1. The number of amides is 1. The smallest absolute Gasteiger partial charge is 0.293 e. The Labute approximate surface area is 94.5 Å². The molecule has 17 heavy (non-hydrogen) atoms. The van der Waals surface area contributed by atoms with Crippen LogP contribution in [0.5, 0.6) is 5.75 Å². The number of aromatic hydroxyl groups is 1. The van der Waals surface area contributed by atoms with Crippen LogP contribution in [0.3, 0.4) is 0 Å². The van der Waals surface area contributed by atoms with E-state index in [9.17, 15) is 9.18 Å². The number of nitrogen functional groups attached to an aromatic ring is 1. The molecule has 7 nitrogen and oxygen atoms in total. The molecule has 0 aliphatic heterocycles. The Bertz CT molecular complexity index is 568. The topological polar surface area (TPSA) is 117 Å². The van der Waals surface area contributed by atoms with E-state index < -0.39 is 17.5 Å². The highest BCUT2D eigenvalue weighted by molar-refractivity contribution is 6.01. The number of nitrogens with one attached hydrogen (secondary N) is 2. The summed E-state index contributed by atoms with van der Waals surface area (Å²) >= 11 is 0. The van der Waals surface area contributed by atoms with Crippen molar-refractivity contribution in [2.75, 3.05) is 11.1 Å². The van der Waals surface area contributed by atoms with Gasteiger partial charge in [-0.1, -0.05) is 0 Å². The maximum absolute atomic E-state index is 13.0. The first kappa shape index (κ1) is 10.9. The summed E-state index contributed by atoms with van der Waals surface area (Å²) in [5, 5.41) is 17.1. The van der Waals surface area contributed by atoms with Gasteiger partial charge in [-0.05, 0) is 12.1 Å². The van der Waals surface area contributed by atoms with Gasteiger partial charge in [-0.25, -0.2) is 4.39 Å². The van der Waals surface area contributed by atoms with E-state index in [1.807, 2.05) is 0 Å². The second-order valence-corrected chi connectivity index (χ2v) is 3.16. The van der Waals surface area contributed by atoms with Crippen molar-refractivity contribution in [2.24, 2.45) is 0 Å². The number of H-pyrrole nitrogens is 1. The molecule has 0 aliphatic rings. The number of benzene rings is 1. The van der Waals surface area contributed by atoms with Gasteiger partial charge in [0.05, 0.1) is 0 Å². The summed E-state index contributed by atoms with van der Waals surface area (Å²) in [5.74, 6) is -2.09. The van der Waals surface area contributed by atoms with Crippen LogP contribution in [-0.4, -0.2) is 26.2 Å². The van der Waals surface area contributed by atoms with Crippen LogP contribution in [0.25, 0.3) is 0 Å². The summed E-state index contributed by atoms with van der Waals surface area (Å²) in [6, 6.07) is 3.45. The Hall–Kier alpha value is -2.64. The summed E-state index contributed by atoms with van der Waals surface area (Å²) in [4.78, 5) is 15.1. The fourth-order valence-corrected chi connectivity index (χ4v) is 1.15. The van der Waals surface area contributed by atoms with Gasteiger partial charge in [-0.15, -0.1) is 5.10 Å². The summed E-state index contributed by atoms with van der Waals surface area (Å²) in [7, 11) is 0. The van der Waals surface area contributed by atoms with Crippen molar-refractivity contribution in [3.05, 3.63) is 29.8 Å². The van der Waals surface area contributed by atoms with Gasteiger partial charge in [0.2, 0.25) is 11.8 Å². The first-order valence-electron chi connectivity index (χ1n) is 4.54. The van der Waals surface area contributed by atoms with Crippen LogP contribution in [-0.2, 0) is 0 Å². The molecule has 0 unspecified atom stereocenters. The van der Waals surface area contributed by atoms with Gasteiger partial charge in [0.15, 0.2) is 11.6 Å². The Morgan fingerprint density at radius 3 is 2.88 bits per heavy atom. The summed E-state index contributed by atoms with van der Waals surface area (Å²) in [5.41, 5.74) is 5.41. The highest BCUT2D eigenvalue weighted by atomic mass is 19.1. The lowest BCUT2D eigenvalue weighted by Gasteiger charge is -2.03. The third-order valence-corrected chi connectivity index (χ3v) is 1.92. The van der Waals surface area contributed by atoms with E-state index in [4.69, 9.17) is 10.8 Å². The van der Waals surface area contributed by atoms with Crippen molar-refractivity contribution in [3.8, 4) is 5.75 Å². The Morgan fingerprint density at radius 1 is 1.53 bits per heavy atom. The molecule has 0 saturated carbocycles. The largest absolute Gasteiger partial charge is 0.505 e. The molecule has 0 bridgehead atoms. The van der Waals surface area contributed by atoms with E-state index in [-0.39, 0.29) is 17.5 Å². The zero-order chi connectivity index (χ0) is 12.4. The van der Waals surface area contributed by atoms with E-state index in [1.165, 1.54) is 6.07 Å². The number of hydrogen-bond donors (Lipinski definition) is 4. The van der Waals surface area contributed by atoms with E-state index in [0.717, 1.165) is 12.1 Å². The fraction of sp³-hybridized carbons (Fsp3) is 0. The predicted octanol–water partition coefficient (Wildman–Crippen LogP) is 0.484. The van der Waals surface area contributed by atoms with E-state index in [0.29, 0.717) is 0 Å². The summed E-state index contributed by atoms with van der Waals surface area (Å²) < 4.78 is 13.0. The Balaban J connectivity index is 2.15. The molecule has 1 aromatic heterocycles. The number of anilines is 2. The lowest BCUT2D eigenvalue weighted by Crippen LogP contribution is -2.13. The molecule has 0 fully saturated rings. The minimum Gasteiger partial charge on any atom is -0.505 e. The monoisotopic (exact) mass is 237 g/mol. The van der Waals surface area contributed by atoms with Crippen molar-refractivity contribution in [3.63, 3.8) is 0 Å². The van der Waals surface area contributed by atoms with Gasteiger partial charge in [-0.3, -0.25) is 9.89 Å². The lowest BCUT2D eigenvalue weighted by molar-refractivity contribution is 0.101. The molecule has 8 heteroatoms. The summed E-state index contributed by atoms with van der Waals surface area (Å²) in [6.07, 6.45) is 0. The molecular formula is C9H8FN5O2. The Kier molecular flexibility index (Phi) is 2.61. The number of aromatic amines is 1. The number of halogens is 1. The van der Waals surface area contributed by atoms with E-state index in [1.54, 1.807) is 0 Å². The molecule has 2 rings (SSSR count). The second-order valence-electron chi connectivity index (χ2n) is 3.16. The standard InChI is InChI=1S/C9H8FN5O2/c10-5-3-4(1-2-6(5)16)12-8(17)7-13-9(11)15-14-7/h1-3,16H,(H,12,17)(H3,11,13,14,15). The first-order valence-corrected chi connectivity index (χ1v) is 4.54. The highest BCUT2D eigenvalue weighted by Gasteiger charge is 2.11. The number of hydrogen-bond acceptors (Lipinski definition) is 5. The molecule has 0 aliphatic carbocycles. The van der Waals surface area contributed by atoms with Gasteiger partial charge in [0, 0.05) is 11.8 Å². The molecule has 0 spiro atoms. The number of aromatic nitrogens is 3. The van der Waals surface area contributed by atoms with E-state index >= 15 is 0 Å². The van der Waals surface area contributed by atoms with Gasteiger partial charge < -0.3 is 16.2 Å². The molecule has 0 saturated heterocycles. The lowest BCUT2D eigenvalue weighted by atomic mass is 10.3. The molecule has 0 atom stereocenters. The second kappa shape index (κ2) is 4.08. The highest BCUT2D eigenvalue weighted by Crippen LogP contribution is 2.19. The molecule has 1 amide bonds. The number of carbonyl (C=O) groups is 1. The van der Waals surface area contributed by atoms with Gasteiger partial charge in [-0.2, -0.15) is 4.98 Å². The average molecular weight is 237 g/mol. The van der Waals surface area contributed by atoms with Crippen LogP contribution >= 0.6 is 0 Å². The molecule has 1 aromatic carbocycles. The van der Waals surface area contributed by atoms with Crippen molar-refractivity contribution >= 4 is 17.5 Å². The van der Waals surface area contributed by atoms with Crippen molar-refractivity contribution in [2.45, 2.75) is 0 Å². The van der Waals surface area contributed by atoms with Crippen molar-refractivity contribution in [1.29, 1.82) is 0 Å². The molecule has 88 valence electrons. The average Bonchev–Trinajstić information content (AvgIpc) is 2.70. The first-order chi connectivity index (χ1) is 8.06. The molecule has 1 heterocycles. The van der Waals surface area contributed by atoms with Crippen LogP contribution in [0.1, 0.15) is 10.6 Å². The number of phenols is 1. The maximum Gasteiger partial charge on any atom is 0.293 e. The van der Waals surface area contributed by atoms with Crippen LogP contribution in [0.2, 0.25) is 0 Å². The third kappa shape index (κ3) is 2.30. The third-order valence-electron chi connectivity index (χ3n) is 1.92. The van der Waals surface area contributed by atoms with E-state index in [2.05, 4.69) is 20.5 Å². The molecule has 0 radical (unpaired) electrons. The fourth-order valence-electron chi connectivity index (χ4n) is 1.15. The van der Waals surface area contributed by atoms with Crippen molar-refractivity contribution in [1.82, 2.24) is 15.2 Å². The number of nitrogens with two attached hydrogens (primary N) is 1. The SMILES string of the molecule is Nc1n[nH]c(C(=O)Nc2ccc(O)c(F)c2)n1. The normalized spacial score (nSPS) is 10.2. The van der Waals surface area contributed by atoms with Crippen LogP contribution < -0.4 is 11.1 Å². The van der Waals surface area contributed by atoms with Gasteiger partial charge >= 0.3 is 0 Å². The molecule has 2 aromatic rings. The molecular weight excluding hydrogens is 229 g/mol. The number of nitrogens with zero attached hydrogens (tertiary/aromatic N) is 2. The quantitative estimate of drug-likeness (QED) is 0.567. The van der Waals surface area contributed by atoms with Gasteiger partial charge in [0.25, 0.3) is 5.91 Å². The van der Waals surface area contributed by atoms with Crippen LogP contribution in [0, 0.1) is 5.82 Å². The number of carbonyl (C=O) groups excluding carboxylic acids is 1. The van der Waals surface area contributed by atoms with Crippen LogP contribution in [0.4, 0.5) is 16.0 Å². The van der Waals surface area contributed by atoms with Crippen LogP contribution in [0.15, 0.2) is 18.2 Å².